The summed E-state index contributed by atoms with van der Waals surface area (Å²) in [5.41, 5.74) is 0. The molecule has 0 saturated heterocycles. The average Bonchev–Trinajstić information content (AvgIpc) is 2.63. The third kappa shape index (κ3) is 3.95. The van der Waals surface area contributed by atoms with E-state index < -0.39 is 11.0 Å². The highest BCUT2D eigenvalue weighted by Gasteiger charge is 2.12. The molecule has 1 atom stereocenters. The number of aromatic nitrogens is 2. The van der Waals surface area contributed by atoms with Crippen LogP contribution in [0.15, 0.2) is 12.5 Å². The monoisotopic (exact) mass is 229 g/mol. The summed E-state index contributed by atoms with van der Waals surface area (Å²) < 4.78 is 6.68. The van der Waals surface area contributed by atoms with Gasteiger partial charge in [-0.15, -0.1) is 0 Å². The fraction of sp³-hybridized carbons (Fsp3) is 0.667. The number of hydrogen-bond donors (Lipinski definition) is 1. The van der Waals surface area contributed by atoms with Crippen molar-refractivity contribution in [1.82, 2.24) is 9.55 Å². The van der Waals surface area contributed by atoms with E-state index in [0.717, 1.165) is 0 Å². The summed E-state index contributed by atoms with van der Waals surface area (Å²) in [5.74, 6) is -0.225. The van der Waals surface area contributed by atoms with Gasteiger partial charge in [0.25, 0.3) is 0 Å². The van der Waals surface area contributed by atoms with Crippen LogP contribution in [0, 0.1) is 10.1 Å². The molecule has 0 spiro atoms. The quantitative estimate of drug-likeness (QED) is 0.569. The molecule has 0 aromatic carbocycles. The minimum atomic E-state index is -0.698. The van der Waals surface area contributed by atoms with E-state index >= 15 is 0 Å². The number of ether oxygens (including phenoxy) is 1. The van der Waals surface area contributed by atoms with Crippen molar-refractivity contribution in [2.75, 3.05) is 6.61 Å². The van der Waals surface area contributed by atoms with Gasteiger partial charge in [-0.2, -0.15) is 0 Å². The summed E-state index contributed by atoms with van der Waals surface area (Å²) >= 11 is 0. The van der Waals surface area contributed by atoms with Crippen LogP contribution in [0.25, 0.3) is 0 Å². The molecule has 90 valence electrons. The Hall–Kier alpha value is -1.47. The van der Waals surface area contributed by atoms with Gasteiger partial charge in [0, 0.05) is 0 Å². The molecular formula is C9H15N3O4. The van der Waals surface area contributed by atoms with Crippen LogP contribution in [0.4, 0.5) is 5.82 Å². The van der Waals surface area contributed by atoms with Crippen molar-refractivity contribution >= 4 is 5.82 Å². The lowest BCUT2D eigenvalue weighted by Gasteiger charge is -2.13. The van der Waals surface area contributed by atoms with E-state index in [0.29, 0.717) is 0 Å². The van der Waals surface area contributed by atoms with E-state index in [-0.39, 0.29) is 25.1 Å². The molecule has 1 heterocycles. The summed E-state index contributed by atoms with van der Waals surface area (Å²) in [7, 11) is 0. The van der Waals surface area contributed by atoms with Gasteiger partial charge in [-0.1, -0.05) is 0 Å². The van der Waals surface area contributed by atoms with Crippen molar-refractivity contribution < 1.29 is 14.8 Å². The van der Waals surface area contributed by atoms with Gasteiger partial charge in [-0.25, -0.2) is 0 Å². The maximum absolute atomic E-state index is 10.4. The molecule has 1 aromatic rings. The molecule has 0 radical (unpaired) electrons. The topological polar surface area (TPSA) is 90.4 Å². The molecule has 7 nitrogen and oxygen atoms in total. The van der Waals surface area contributed by atoms with Gasteiger partial charge in [0.05, 0.1) is 25.4 Å². The number of imidazole rings is 1. The van der Waals surface area contributed by atoms with Crippen molar-refractivity contribution in [3.63, 3.8) is 0 Å². The normalized spacial score (nSPS) is 13.0. The second-order valence-electron chi connectivity index (χ2n) is 3.72. The lowest BCUT2D eigenvalue weighted by molar-refractivity contribution is -0.389. The molecule has 1 aromatic heterocycles. The van der Waals surface area contributed by atoms with Gasteiger partial charge in [0.1, 0.15) is 6.20 Å². The minimum Gasteiger partial charge on any atom is -0.389 e. The first-order valence-corrected chi connectivity index (χ1v) is 4.95. The van der Waals surface area contributed by atoms with Crippen molar-refractivity contribution in [2.45, 2.75) is 32.6 Å². The van der Waals surface area contributed by atoms with Crippen molar-refractivity contribution in [3.05, 3.63) is 22.6 Å². The van der Waals surface area contributed by atoms with Gasteiger partial charge in [-0.05, 0) is 23.8 Å². The number of rotatable bonds is 6. The number of aliphatic hydroxyl groups is 1. The fourth-order valence-corrected chi connectivity index (χ4v) is 1.14. The Kier molecular flexibility index (Phi) is 4.39. The van der Waals surface area contributed by atoms with Crippen LogP contribution >= 0.6 is 0 Å². The number of nitrogens with zero attached hydrogens (tertiary/aromatic N) is 3. The van der Waals surface area contributed by atoms with Crippen LogP contribution in [-0.4, -0.2) is 38.4 Å². The molecule has 1 N–H and O–H groups in total. The summed E-state index contributed by atoms with van der Waals surface area (Å²) in [4.78, 5) is 13.4. The van der Waals surface area contributed by atoms with Gasteiger partial charge in [0.15, 0.2) is 0 Å². The van der Waals surface area contributed by atoms with Crippen molar-refractivity contribution in [2.24, 2.45) is 0 Å². The Morgan fingerprint density at radius 3 is 2.88 bits per heavy atom. The maximum atomic E-state index is 10.4. The summed E-state index contributed by atoms with van der Waals surface area (Å²) in [6, 6.07) is 0. The highest BCUT2D eigenvalue weighted by atomic mass is 16.6. The predicted octanol–water partition coefficient (Wildman–Crippen LogP) is 0.577. The molecule has 0 saturated carbocycles. The maximum Gasteiger partial charge on any atom is 0.381 e. The zero-order valence-corrected chi connectivity index (χ0v) is 9.24. The third-order valence-corrected chi connectivity index (χ3v) is 1.85. The van der Waals surface area contributed by atoms with Gasteiger partial charge in [0.2, 0.25) is 6.33 Å². The van der Waals surface area contributed by atoms with Crippen LogP contribution in [-0.2, 0) is 11.3 Å². The number of aliphatic hydroxyl groups excluding tert-OH is 1. The van der Waals surface area contributed by atoms with Crippen LogP contribution in [0.3, 0.4) is 0 Å². The number of nitro groups is 1. The van der Waals surface area contributed by atoms with Gasteiger partial charge >= 0.3 is 5.82 Å². The van der Waals surface area contributed by atoms with Crippen LogP contribution in [0.5, 0.6) is 0 Å². The van der Waals surface area contributed by atoms with Crippen LogP contribution in [0.1, 0.15) is 13.8 Å². The molecule has 1 rings (SSSR count). The first-order chi connectivity index (χ1) is 7.49. The molecule has 0 fully saturated rings. The second kappa shape index (κ2) is 5.57. The van der Waals surface area contributed by atoms with Gasteiger partial charge < -0.3 is 24.5 Å². The number of hydrogen-bond acceptors (Lipinski definition) is 5. The molecule has 0 aliphatic carbocycles. The predicted molar refractivity (Wildman–Crippen MR) is 56.0 cm³/mol. The van der Waals surface area contributed by atoms with Crippen LogP contribution < -0.4 is 0 Å². The smallest absolute Gasteiger partial charge is 0.381 e. The molecule has 0 amide bonds. The summed E-state index contributed by atoms with van der Waals surface area (Å²) in [6.45, 7) is 4.17. The molecule has 0 bridgehead atoms. The van der Waals surface area contributed by atoms with Gasteiger partial charge in [-0.3, -0.25) is 0 Å². The second-order valence-corrected chi connectivity index (χ2v) is 3.72. The molecular weight excluding hydrogens is 214 g/mol. The molecule has 0 aliphatic heterocycles. The standard InChI is InChI=1S/C9H15N3O4/c1-7(2)16-5-8(13)3-11-4-9(10-6-11)12(14)15/h4,6-8,13H,3,5H2,1-2H3. The zero-order valence-electron chi connectivity index (χ0n) is 9.24. The lowest BCUT2D eigenvalue weighted by atomic mass is 10.3. The highest BCUT2D eigenvalue weighted by Crippen LogP contribution is 2.06. The summed E-state index contributed by atoms with van der Waals surface area (Å²) in [5, 5.41) is 19.9. The molecule has 7 heteroatoms. The lowest BCUT2D eigenvalue weighted by Crippen LogP contribution is -2.23. The third-order valence-electron chi connectivity index (χ3n) is 1.85. The molecule has 16 heavy (non-hydrogen) atoms. The van der Waals surface area contributed by atoms with E-state index in [2.05, 4.69) is 4.98 Å². The van der Waals surface area contributed by atoms with Crippen LogP contribution in [0.2, 0.25) is 0 Å². The first-order valence-electron chi connectivity index (χ1n) is 4.95. The largest absolute Gasteiger partial charge is 0.389 e. The minimum absolute atomic E-state index is 0.0479. The van der Waals surface area contributed by atoms with E-state index in [1.807, 2.05) is 13.8 Å². The Morgan fingerprint density at radius 2 is 2.38 bits per heavy atom. The molecule has 0 aliphatic rings. The van der Waals surface area contributed by atoms with Crippen molar-refractivity contribution in [3.8, 4) is 0 Å². The zero-order chi connectivity index (χ0) is 12.1. The fourth-order valence-electron chi connectivity index (χ4n) is 1.14. The van der Waals surface area contributed by atoms with E-state index in [1.54, 1.807) is 0 Å². The highest BCUT2D eigenvalue weighted by molar-refractivity contribution is 5.12. The van der Waals surface area contributed by atoms with E-state index in [1.165, 1.54) is 17.1 Å². The molecule has 1 unspecified atom stereocenters. The Balaban J connectivity index is 2.43. The first kappa shape index (κ1) is 12.6. The Bertz CT molecular complexity index is 350. The van der Waals surface area contributed by atoms with E-state index in [9.17, 15) is 15.2 Å². The average molecular weight is 229 g/mol. The SMILES string of the molecule is CC(C)OCC(O)Cn1cnc([N+](=O)[O-])c1. The Morgan fingerprint density at radius 1 is 1.69 bits per heavy atom. The Labute approximate surface area is 92.8 Å². The summed E-state index contributed by atoms with van der Waals surface area (Å²) in [6.07, 6.45) is 1.94. The van der Waals surface area contributed by atoms with E-state index in [4.69, 9.17) is 4.74 Å². The van der Waals surface area contributed by atoms with Crippen molar-refractivity contribution in [1.29, 1.82) is 0 Å².